The number of esters is 1. The van der Waals surface area contributed by atoms with E-state index in [1.54, 1.807) is 6.92 Å². The average Bonchev–Trinajstić information content (AvgIpc) is 2.78. The summed E-state index contributed by atoms with van der Waals surface area (Å²) in [6.45, 7) is 1.60. The molecule has 0 radical (unpaired) electrons. The maximum absolute atomic E-state index is 11.8. The summed E-state index contributed by atoms with van der Waals surface area (Å²) >= 11 is 0. The molecule has 4 unspecified atom stereocenters. The fraction of sp³-hybridized carbons (Fsp3) is 0.818. The normalized spacial score (nSPS) is 28.7. The molecule has 1 amide bonds. The maximum atomic E-state index is 11.8. The van der Waals surface area contributed by atoms with Gasteiger partial charge in [0, 0.05) is 14.2 Å². The summed E-state index contributed by atoms with van der Waals surface area (Å²) in [5.41, 5.74) is 5.51. The second-order valence-corrected chi connectivity index (χ2v) is 6.23. The fourth-order valence-corrected chi connectivity index (χ4v) is 2.57. The van der Waals surface area contributed by atoms with Crippen molar-refractivity contribution in [3.05, 3.63) is 0 Å². The summed E-state index contributed by atoms with van der Waals surface area (Å²) in [4.78, 5) is 32.4. The number of ether oxygens (including phenoxy) is 2. The molecular formula is C11H21N2O8P. The van der Waals surface area contributed by atoms with Crippen LogP contribution in [0.2, 0.25) is 0 Å². The number of nitrogens with one attached hydrogen (secondary N) is 1. The van der Waals surface area contributed by atoms with Crippen molar-refractivity contribution >= 4 is 19.7 Å². The van der Waals surface area contributed by atoms with Crippen LogP contribution in [0.25, 0.3) is 0 Å². The van der Waals surface area contributed by atoms with Crippen LogP contribution in [0.3, 0.4) is 0 Å². The number of phosphoric ester groups is 1. The van der Waals surface area contributed by atoms with Gasteiger partial charge in [-0.05, 0) is 6.92 Å². The van der Waals surface area contributed by atoms with E-state index in [1.165, 1.54) is 7.05 Å². The molecule has 0 bridgehead atoms. The molecule has 0 aromatic heterocycles. The first-order valence-electron chi connectivity index (χ1n) is 6.55. The molecule has 10 nitrogen and oxygen atoms in total. The first kappa shape index (κ1) is 19.0. The van der Waals surface area contributed by atoms with E-state index in [0.717, 1.165) is 7.11 Å². The van der Waals surface area contributed by atoms with Crippen LogP contribution >= 0.6 is 7.82 Å². The number of hydrogen-bond acceptors (Lipinski definition) is 8. The van der Waals surface area contributed by atoms with E-state index in [2.05, 4.69) is 9.84 Å². The Kier molecular flexibility index (Phi) is 6.92. The van der Waals surface area contributed by atoms with Gasteiger partial charge in [0.2, 0.25) is 5.91 Å². The van der Waals surface area contributed by atoms with Crippen LogP contribution in [0.4, 0.5) is 0 Å². The Bertz CT molecular complexity index is 459. The van der Waals surface area contributed by atoms with Crippen LogP contribution in [0.5, 0.6) is 0 Å². The minimum atomic E-state index is -4.25. The predicted octanol–water partition coefficient (Wildman–Crippen LogP) is -1.09. The highest BCUT2D eigenvalue weighted by atomic mass is 31.2. The van der Waals surface area contributed by atoms with Gasteiger partial charge in [-0.25, -0.2) is 4.57 Å². The SMILES string of the molecule is CNC(=O)C(N)CC(=O)OC1CO[C@H](C)C1OP(=O)(O)OC. The third kappa shape index (κ3) is 5.31. The lowest BCUT2D eigenvalue weighted by Crippen LogP contribution is -2.42. The Morgan fingerprint density at radius 1 is 1.55 bits per heavy atom. The van der Waals surface area contributed by atoms with E-state index >= 15 is 0 Å². The molecule has 1 fully saturated rings. The number of rotatable bonds is 7. The molecule has 1 aliphatic rings. The molecule has 4 N–H and O–H groups in total. The quantitative estimate of drug-likeness (QED) is 0.388. The lowest BCUT2D eigenvalue weighted by molar-refractivity contribution is -0.154. The van der Waals surface area contributed by atoms with Gasteiger partial charge in [-0.15, -0.1) is 0 Å². The predicted molar refractivity (Wildman–Crippen MR) is 73.7 cm³/mol. The zero-order valence-electron chi connectivity index (χ0n) is 12.6. The number of phosphoric acid groups is 1. The maximum Gasteiger partial charge on any atom is 0.472 e. The van der Waals surface area contributed by atoms with E-state index in [9.17, 15) is 19.0 Å². The second kappa shape index (κ2) is 8.00. The van der Waals surface area contributed by atoms with Gasteiger partial charge in [0.05, 0.1) is 25.2 Å². The van der Waals surface area contributed by atoms with Crippen molar-refractivity contribution in [3.63, 3.8) is 0 Å². The molecule has 0 spiro atoms. The van der Waals surface area contributed by atoms with Crippen LogP contribution in [0, 0.1) is 0 Å². The van der Waals surface area contributed by atoms with E-state index in [4.69, 9.17) is 19.7 Å². The Morgan fingerprint density at radius 2 is 2.18 bits per heavy atom. The summed E-state index contributed by atoms with van der Waals surface area (Å²) in [6.07, 6.45) is -2.76. The largest absolute Gasteiger partial charge is 0.472 e. The van der Waals surface area contributed by atoms with Gasteiger partial charge in [0.1, 0.15) is 6.10 Å². The molecule has 1 heterocycles. The minimum Gasteiger partial charge on any atom is -0.457 e. The van der Waals surface area contributed by atoms with Crippen LogP contribution in [-0.2, 0) is 32.7 Å². The Balaban J connectivity index is 2.61. The lowest BCUT2D eigenvalue weighted by atomic mass is 10.1. The van der Waals surface area contributed by atoms with Gasteiger partial charge in [0.25, 0.3) is 0 Å². The van der Waals surface area contributed by atoms with Crippen LogP contribution in [-0.4, -0.2) is 61.9 Å². The van der Waals surface area contributed by atoms with Gasteiger partial charge in [-0.2, -0.15) is 0 Å². The summed E-state index contributed by atoms with van der Waals surface area (Å²) < 4.78 is 31.1. The Labute approximate surface area is 127 Å². The molecular weight excluding hydrogens is 319 g/mol. The molecule has 5 atom stereocenters. The van der Waals surface area contributed by atoms with Crippen LogP contribution < -0.4 is 11.1 Å². The van der Waals surface area contributed by atoms with Crippen molar-refractivity contribution < 1.29 is 37.6 Å². The molecule has 1 rings (SSSR count). The molecule has 128 valence electrons. The number of amides is 1. The molecule has 0 aromatic rings. The van der Waals surface area contributed by atoms with E-state index in [0.29, 0.717) is 0 Å². The molecule has 11 heteroatoms. The van der Waals surface area contributed by atoms with Crippen molar-refractivity contribution in [2.45, 2.75) is 37.7 Å². The first-order valence-corrected chi connectivity index (χ1v) is 8.05. The third-order valence-electron chi connectivity index (χ3n) is 3.09. The average molecular weight is 340 g/mol. The number of carbonyl (C=O) groups excluding carboxylic acids is 2. The highest BCUT2D eigenvalue weighted by Gasteiger charge is 2.43. The molecule has 0 aromatic carbocycles. The number of carbonyl (C=O) groups is 2. The third-order valence-corrected chi connectivity index (χ3v) is 4.06. The standard InChI is InChI=1S/C11H21N2O8P/c1-6-10(21-22(16,17)18-3)8(5-19-6)20-9(14)4-7(12)11(15)13-2/h6-8,10H,4-5,12H2,1-3H3,(H,13,15)(H,16,17)/t6-,7?,8?,10?/m1/s1. The minimum absolute atomic E-state index is 0.00347. The van der Waals surface area contributed by atoms with Crippen molar-refractivity contribution in [2.24, 2.45) is 5.73 Å². The Morgan fingerprint density at radius 3 is 2.73 bits per heavy atom. The van der Waals surface area contributed by atoms with Crippen molar-refractivity contribution in [1.82, 2.24) is 5.32 Å². The Hall–Kier alpha value is -1.03. The summed E-state index contributed by atoms with van der Waals surface area (Å²) in [6, 6.07) is -1.04. The molecule has 1 aliphatic heterocycles. The zero-order valence-corrected chi connectivity index (χ0v) is 13.4. The monoisotopic (exact) mass is 340 g/mol. The van der Waals surface area contributed by atoms with Gasteiger partial charge in [0.15, 0.2) is 6.10 Å². The summed E-state index contributed by atoms with van der Waals surface area (Å²) in [7, 11) is -1.83. The van der Waals surface area contributed by atoms with Crippen LogP contribution in [0.15, 0.2) is 0 Å². The highest BCUT2D eigenvalue weighted by molar-refractivity contribution is 7.47. The van der Waals surface area contributed by atoms with Gasteiger partial charge < -0.3 is 25.4 Å². The van der Waals surface area contributed by atoms with Gasteiger partial charge in [-0.1, -0.05) is 0 Å². The van der Waals surface area contributed by atoms with Crippen molar-refractivity contribution in [3.8, 4) is 0 Å². The van der Waals surface area contributed by atoms with E-state index in [1.807, 2.05) is 0 Å². The summed E-state index contributed by atoms with van der Waals surface area (Å²) in [5.74, 6) is -1.24. The van der Waals surface area contributed by atoms with E-state index in [-0.39, 0.29) is 13.0 Å². The summed E-state index contributed by atoms with van der Waals surface area (Å²) in [5, 5.41) is 2.31. The number of likely N-dealkylation sites (N-methyl/N-ethyl adjacent to an activating group) is 1. The fourth-order valence-electron chi connectivity index (χ4n) is 1.86. The topological polar surface area (TPSA) is 146 Å². The zero-order chi connectivity index (χ0) is 16.9. The molecule has 22 heavy (non-hydrogen) atoms. The van der Waals surface area contributed by atoms with Gasteiger partial charge >= 0.3 is 13.8 Å². The molecule has 0 saturated carbocycles. The number of hydrogen-bond donors (Lipinski definition) is 3. The number of nitrogens with two attached hydrogens (primary N) is 1. The molecule has 1 saturated heterocycles. The van der Waals surface area contributed by atoms with Gasteiger partial charge in [-0.3, -0.25) is 18.6 Å². The van der Waals surface area contributed by atoms with Crippen molar-refractivity contribution in [1.29, 1.82) is 0 Å². The second-order valence-electron chi connectivity index (χ2n) is 4.71. The lowest BCUT2D eigenvalue weighted by Gasteiger charge is -2.23. The molecule has 0 aliphatic carbocycles. The first-order chi connectivity index (χ1) is 10.2. The van der Waals surface area contributed by atoms with Crippen molar-refractivity contribution in [2.75, 3.05) is 20.8 Å². The van der Waals surface area contributed by atoms with E-state index < -0.39 is 44.1 Å². The van der Waals surface area contributed by atoms with Crippen LogP contribution in [0.1, 0.15) is 13.3 Å². The smallest absolute Gasteiger partial charge is 0.457 e. The highest BCUT2D eigenvalue weighted by Crippen LogP contribution is 2.45.